The predicted molar refractivity (Wildman–Crippen MR) is 167 cm³/mol. The minimum atomic E-state index is -1.86. The molecule has 5 unspecified atom stereocenters. The van der Waals surface area contributed by atoms with Crippen molar-refractivity contribution in [1.29, 1.82) is 0 Å². The van der Waals surface area contributed by atoms with Gasteiger partial charge in [-0.3, -0.25) is 14.4 Å². The van der Waals surface area contributed by atoms with Gasteiger partial charge in [-0.05, 0) is 59.7 Å². The number of ketones is 1. The minimum Gasteiger partial charge on any atom is -0.508 e. The standard InChI is InChI=1S/C34H32O15/c1-17(35)46-32-27(16-45-28(41)14-7-19-3-8-21(37)9-4-19)49-34(31(44)33(32)47-18(2)36)48-26-13-10-22(29(42)30(26)43)23(38)11-5-20-6-12-24(39)25(40)15-20/h3-15,27,31-34,37,39-40,42-44H,16H2,1-2H3. The second-order valence-corrected chi connectivity index (χ2v) is 10.6. The van der Waals surface area contributed by atoms with Gasteiger partial charge in [-0.2, -0.15) is 0 Å². The summed E-state index contributed by atoms with van der Waals surface area (Å²) < 4.78 is 27.1. The van der Waals surface area contributed by atoms with Crippen LogP contribution in [0, 0.1) is 0 Å². The summed E-state index contributed by atoms with van der Waals surface area (Å²) in [5.41, 5.74) is 0.559. The van der Waals surface area contributed by atoms with Crippen LogP contribution in [0.25, 0.3) is 12.2 Å². The number of phenolic OH excluding ortho intramolecular Hbond substituents is 5. The third kappa shape index (κ3) is 9.27. The van der Waals surface area contributed by atoms with Crippen LogP contribution in [0.4, 0.5) is 0 Å². The molecule has 0 aliphatic carbocycles. The molecule has 1 heterocycles. The molecule has 0 bridgehead atoms. The molecule has 1 aliphatic heterocycles. The van der Waals surface area contributed by atoms with Gasteiger partial charge in [0.1, 0.15) is 18.5 Å². The van der Waals surface area contributed by atoms with Gasteiger partial charge in [0.15, 0.2) is 47.1 Å². The monoisotopic (exact) mass is 680 g/mol. The molecular formula is C34H32O15. The summed E-state index contributed by atoms with van der Waals surface area (Å²) >= 11 is 0. The number of benzene rings is 3. The first-order valence-corrected chi connectivity index (χ1v) is 14.5. The molecule has 5 atom stereocenters. The van der Waals surface area contributed by atoms with Crippen LogP contribution in [0.15, 0.2) is 66.7 Å². The molecule has 15 nitrogen and oxygen atoms in total. The van der Waals surface area contributed by atoms with E-state index in [1.807, 2.05) is 0 Å². The van der Waals surface area contributed by atoms with Crippen molar-refractivity contribution >= 4 is 35.8 Å². The molecule has 4 rings (SSSR count). The van der Waals surface area contributed by atoms with E-state index in [0.29, 0.717) is 11.1 Å². The van der Waals surface area contributed by atoms with E-state index in [2.05, 4.69) is 0 Å². The number of rotatable bonds is 11. The number of phenols is 5. The van der Waals surface area contributed by atoms with E-state index in [0.717, 1.165) is 38.1 Å². The van der Waals surface area contributed by atoms with Gasteiger partial charge >= 0.3 is 17.9 Å². The second-order valence-electron chi connectivity index (χ2n) is 10.6. The van der Waals surface area contributed by atoms with Crippen LogP contribution < -0.4 is 4.74 Å². The van der Waals surface area contributed by atoms with Crippen LogP contribution in [0.2, 0.25) is 0 Å². The van der Waals surface area contributed by atoms with Crippen LogP contribution >= 0.6 is 0 Å². The summed E-state index contributed by atoms with van der Waals surface area (Å²) in [4.78, 5) is 49.1. The first-order valence-electron chi connectivity index (χ1n) is 14.5. The minimum absolute atomic E-state index is 0.0293. The number of aliphatic hydroxyl groups excluding tert-OH is 1. The van der Waals surface area contributed by atoms with Crippen LogP contribution in [-0.4, -0.2) is 91.6 Å². The van der Waals surface area contributed by atoms with Gasteiger partial charge in [0.25, 0.3) is 0 Å². The molecule has 3 aromatic rings. The zero-order valence-corrected chi connectivity index (χ0v) is 26.0. The molecule has 1 fully saturated rings. The van der Waals surface area contributed by atoms with E-state index in [1.54, 1.807) is 12.1 Å². The van der Waals surface area contributed by atoms with Crippen molar-refractivity contribution in [3.8, 4) is 34.5 Å². The molecule has 0 aromatic heterocycles. The van der Waals surface area contributed by atoms with Crippen LogP contribution in [-0.2, 0) is 33.3 Å². The van der Waals surface area contributed by atoms with Gasteiger partial charge in [-0.1, -0.05) is 24.3 Å². The molecule has 0 amide bonds. The van der Waals surface area contributed by atoms with Gasteiger partial charge in [0.2, 0.25) is 12.0 Å². The Hall–Kier alpha value is -6.06. The van der Waals surface area contributed by atoms with E-state index in [1.165, 1.54) is 42.5 Å². The predicted octanol–water partition coefficient (Wildman–Crippen LogP) is 2.70. The number of carbonyl (C=O) groups is 4. The molecule has 0 radical (unpaired) electrons. The smallest absolute Gasteiger partial charge is 0.330 e. The third-order valence-electron chi connectivity index (χ3n) is 6.96. The molecule has 0 spiro atoms. The van der Waals surface area contributed by atoms with Gasteiger partial charge in [0, 0.05) is 19.9 Å². The van der Waals surface area contributed by atoms with Crippen molar-refractivity contribution in [2.75, 3.05) is 6.61 Å². The van der Waals surface area contributed by atoms with Crippen molar-refractivity contribution in [2.45, 2.75) is 44.6 Å². The van der Waals surface area contributed by atoms with Crippen molar-refractivity contribution in [3.05, 3.63) is 83.4 Å². The highest BCUT2D eigenvalue weighted by Crippen LogP contribution is 2.40. The number of aromatic hydroxyl groups is 5. The molecule has 49 heavy (non-hydrogen) atoms. The third-order valence-corrected chi connectivity index (χ3v) is 6.96. The van der Waals surface area contributed by atoms with Crippen molar-refractivity contribution in [3.63, 3.8) is 0 Å². The van der Waals surface area contributed by atoms with Gasteiger partial charge < -0.3 is 54.3 Å². The highest BCUT2D eigenvalue weighted by Gasteiger charge is 2.51. The lowest BCUT2D eigenvalue weighted by atomic mass is 9.98. The lowest BCUT2D eigenvalue weighted by Gasteiger charge is -2.42. The normalized spacial score (nSPS) is 20.5. The summed E-state index contributed by atoms with van der Waals surface area (Å²) in [6.45, 7) is 1.48. The Kier molecular flexibility index (Phi) is 11.5. The maximum atomic E-state index is 12.8. The topological polar surface area (TPSA) is 236 Å². The number of allylic oxidation sites excluding steroid dienone is 1. The number of ether oxygens (including phenoxy) is 5. The lowest BCUT2D eigenvalue weighted by molar-refractivity contribution is -0.285. The summed E-state index contributed by atoms with van der Waals surface area (Å²) in [5, 5.41) is 60.9. The van der Waals surface area contributed by atoms with E-state index in [4.69, 9.17) is 23.7 Å². The molecule has 1 aliphatic rings. The average molecular weight is 681 g/mol. The van der Waals surface area contributed by atoms with Crippen LogP contribution in [0.5, 0.6) is 34.5 Å². The second kappa shape index (κ2) is 15.7. The van der Waals surface area contributed by atoms with Gasteiger partial charge in [0.05, 0.1) is 5.56 Å². The molecule has 258 valence electrons. The fraction of sp³-hybridized carbons (Fsp3) is 0.235. The zero-order valence-electron chi connectivity index (χ0n) is 26.0. The van der Waals surface area contributed by atoms with E-state index in [-0.39, 0.29) is 17.1 Å². The average Bonchev–Trinajstić information content (AvgIpc) is 3.05. The van der Waals surface area contributed by atoms with Crippen molar-refractivity contribution in [1.82, 2.24) is 0 Å². The van der Waals surface area contributed by atoms with Crippen molar-refractivity contribution in [2.24, 2.45) is 0 Å². The van der Waals surface area contributed by atoms with E-state index in [9.17, 15) is 49.8 Å². The maximum Gasteiger partial charge on any atom is 0.330 e. The number of esters is 3. The first-order chi connectivity index (χ1) is 23.2. The molecular weight excluding hydrogens is 648 g/mol. The Morgan fingerprint density at radius 2 is 1.39 bits per heavy atom. The summed E-state index contributed by atoms with van der Waals surface area (Å²) in [6.07, 6.45) is -3.32. The maximum absolute atomic E-state index is 12.8. The highest BCUT2D eigenvalue weighted by atomic mass is 16.7. The number of aliphatic hydroxyl groups is 1. The number of carbonyl (C=O) groups excluding carboxylic acids is 4. The fourth-order valence-electron chi connectivity index (χ4n) is 4.63. The van der Waals surface area contributed by atoms with Crippen LogP contribution in [0.1, 0.15) is 35.3 Å². The van der Waals surface area contributed by atoms with E-state index >= 15 is 0 Å². The van der Waals surface area contributed by atoms with Gasteiger partial charge in [-0.15, -0.1) is 0 Å². The molecule has 6 N–H and O–H groups in total. The van der Waals surface area contributed by atoms with Gasteiger partial charge in [-0.25, -0.2) is 4.79 Å². The fourth-order valence-corrected chi connectivity index (χ4v) is 4.63. The Bertz CT molecular complexity index is 1760. The lowest BCUT2D eigenvalue weighted by Crippen LogP contribution is -2.62. The first kappa shape index (κ1) is 35.8. The highest BCUT2D eigenvalue weighted by molar-refractivity contribution is 6.09. The zero-order chi connectivity index (χ0) is 35.8. The quantitative estimate of drug-likeness (QED) is 0.0561. The Balaban J connectivity index is 1.54. The summed E-state index contributed by atoms with van der Waals surface area (Å²) in [5.74, 6) is -6.40. The Morgan fingerprint density at radius 3 is 2.04 bits per heavy atom. The Labute approximate surface area is 278 Å². The Morgan fingerprint density at radius 1 is 0.755 bits per heavy atom. The molecule has 15 heteroatoms. The number of hydrogen-bond donors (Lipinski definition) is 6. The van der Waals surface area contributed by atoms with Crippen molar-refractivity contribution < 1.29 is 73.5 Å². The summed E-state index contributed by atoms with van der Waals surface area (Å²) in [7, 11) is 0. The van der Waals surface area contributed by atoms with E-state index < -0.39 is 84.0 Å². The largest absolute Gasteiger partial charge is 0.508 e. The SMILES string of the molecule is CC(=O)OC1C(COC(=O)C=Cc2ccc(O)cc2)OC(Oc2ccc(C(=O)C=Cc3ccc(O)c(O)c3)c(O)c2O)C(O)C1OC(C)=O. The molecule has 0 saturated carbocycles. The molecule has 1 saturated heterocycles. The number of hydrogen-bond acceptors (Lipinski definition) is 15. The molecule has 3 aromatic carbocycles. The van der Waals surface area contributed by atoms with Crippen LogP contribution in [0.3, 0.4) is 0 Å². The summed E-state index contributed by atoms with van der Waals surface area (Å²) in [6, 6.07) is 11.9.